The maximum absolute atomic E-state index is 10.6. The molecular formula is C5H11NO2Si. The van der Waals surface area contributed by atoms with Crippen molar-refractivity contribution in [1.82, 2.24) is 0 Å². The lowest BCUT2D eigenvalue weighted by molar-refractivity contribution is -0.137. The quantitative estimate of drug-likeness (QED) is 0.556. The molecule has 0 aliphatic rings. The average Bonchev–Trinajstić information content (AvgIpc) is 1.82. The Morgan fingerprint density at radius 2 is 2.33 bits per heavy atom. The zero-order valence-electron chi connectivity index (χ0n) is 5.68. The van der Waals surface area contributed by atoms with E-state index in [4.69, 9.17) is 10.2 Å². The molecule has 0 rings (SSSR count). The lowest BCUT2D eigenvalue weighted by Crippen LogP contribution is -2.20. The first kappa shape index (κ1) is 8.65. The molecule has 0 aromatic heterocycles. The van der Waals surface area contributed by atoms with Crippen molar-refractivity contribution in [3.8, 4) is 0 Å². The summed E-state index contributed by atoms with van der Waals surface area (Å²) in [6, 6.07) is 0. The van der Waals surface area contributed by atoms with Gasteiger partial charge in [-0.2, -0.15) is 0 Å². The Hall–Kier alpha value is -0.353. The minimum absolute atomic E-state index is 0.0379. The number of hydrogen-bond acceptors (Lipinski definition) is 3. The summed E-state index contributed by atoms with van der Waals surface area (Å²) < 4.78 is 4.72. The van der Waals surface area contributed by atoms with Crippen LogP contribution >= 0.6 is 0 Å². The van der Waals surface area contributed by atoms with E-state index in [2.05, 4.69) is 0 Å². The van der Waals surface area contributed by atoms with Crippen LogP contribution in [0.1, 0.15) is 13.8 Å². The molecular weight excluding hydrogens is 134 g/mol. The van der Waals surface area contributed by atoms with Crippen LogP contribution < -0.4 is 5.73 Å². The van der Waals surface area contributed by atoms with Gasteiger partial charge in [-0.3, -0.25) is 4.79 Å². The molecule has 4 heteroatoms. The third-order valence-electron chi connectivity index (χ3n) is 0.727. The monoisotopic (exact) mass is 145 g/mol. The van der Waals surface area contributed by atoms with E-state index in [0.717, 1.165) is 0 Å². The molecule has 0 atom stereocenters. The molecule has 2 N–H and O–H groups in total. The molecule has 52 valence electrons. The summed E-state index contributed by atoms with van der Waals surface area (Å²) >= 11 is 0. The third-order valence-corrected chi connectivity index (χ3v) is 1.24. The second-order valence-electron chi connectivity index (χ2n) is 1.92. The number of carbonyl (C=O) groups is 1. The molecule has 0 fully saturated rings. The fourth-order valence-corrected chi connectivity index (χ4v) is 0.692. The van der Waals surface area contributed by atoms with Crippen molar-refractivity contribution in [2.75, 3.05) is 6.17 Å². The largest absolute Gasteiger partial charge is 0.515 e. The highest BCUT2D eigenvalue weighted by Gasteiger charge is 2.06. The summed E-state index contributed by atoms with van der Waals surface area (Å²) in [5.74, 6) is -0.206. The Morgan fingerprint density at radius 3 is 2.67 bits per heavy atom. The van der Waals surface area contributed by atoms with Crippen LogP contribution in [0, 0.1) is 5.92 Å². The number of carbonyl (C=O) groups excluding carboxylic acids is 1. The van der Waals surface area contributed by atoms with Crippen LogP contribution in [-0.4, -0.2) is 21.9 Å². The summed E-state index contributed by atoms with van der Waals surface area (Å²) in [5, 5.41) is 0. The van der Waals surface area contributed by atoms with Crippen LogP contribution in [0.25, 0.3) is 0 Å². The van der Waals surface area contributed by atoms with Gasteiger partial charge in [0.05, 0.1) is 0 Å². The normalized spacial score (nSPS) is 9.78. The summed E-state index contributed by atoms with van der Waals surface area (Å²) in [6.45, 7) is 3.59. The predicted octanol–water partition coefficient (Wildman–Crippen LogP) is -0.279. The topological polar surface area (TPSA) is 52.3 Å². The second kappa shape index (κ2) is 4.52. The van der Waals surface area contributed by atoms with E-state index in [1.54, 1.807) is 13.8 Å². The molecule has 0 saturated heterocycles. The number of rotatable bonds is 3. The Labute approximate surface area is 57.5 Å². The fraction of sp³-hybridized carbons (Fsp3) is 0.800. The minimum atomic E-state index is -0.168. The van der Waals surface area contributed by atoms with E-state index < -0.39 is 0 Å². The second-order valence-corrected chi connectivity index (χ2v) is 2.83. The van der Waals surface area contributed by atoms with Gasteiger partial charge in [0, 0.05) is 12.1 Å². The van der Waals surface area contributed by atoms with Crippen LogP contribution in [0.5, 0.6) is 0 Å². The lowest BCUT2D eigenvalue weighted by atomic mass is 10.2. The smallest absolute Gasteiger partial charge is 0.329 e. The molecule has 0 spiro atoms. The first-order valence-corrected chi connectivity index (χ1v) is 3.93. The fourth-order valence-electron chi connectivity index (χ4n) is 0.231. The molecule has 0 saturated carbocycles. The van der Waals surface area contributed by atoms with Gasteiger partial charge in [0.25, 0.3) is 5.97 Å². The highest BCUT2D eigenvalue weighted by atomic mass is 28.2. The van der Waals surface area contributed by atoms with Crippen LogP contribution in [-0.2, 0) is 9.22 Å². The van der Waals surface area contributed by atoms with Crippen molar-refractivity contribution in [3.63, 3.8) is 0 Å². The van der Waals surface area contributed by atoms with Crippen molar-refractivity contribution in [1.29, 1.82) is 0 Å². The Morgan fingerprint density at radius 1 is 1.78 bits per heavy atom. The highest BCUT2D eigenvalue weighted by molar-refractivity contribution is 6.30. The van der Waals surface area contributed by atoms with Gasteiger partial charge in [0.1, 0.15) is 0 Å². The van der Waals surface area contributed by atoms with E-state index in [9.17, 15) is 4.79 Å². The van der Waals surface area contributed by atoms with Gasteiger partial charge in [-0.1, -0.05) is 13.8 Å². The summed E-state index contributed by atoms with van der Waals surface area (Å²) in [6.07, 6.45) is 0.429. The molecule has 3 nitrogen and oxygen atoms in total. The van der Waals surface area contributed by atoms with E-state index in [1.165, 1.54) is 0 Å². The minimum Gasteiger partial charge on any atom is -0.515 e. The Balaban J connectivity index is 3.28. The third kappa shape index (κ3) is 4.17. The van der Waals surface area contributed by atoms with E-state index in [1.807, 2.05) is 0 Å². The van der Waals surface area contributed by atoms with Gasteiger partial charge in [0.2, 0.25) is 0 Å². The van der Waals surface area contributed by atoms with Gasteiger partial charge in [0.15, 0.2) is 0 Å². The lowest BCUT2D eigenvalue weighted by Gasteiger charge is -2.02. The van der Waals surface area contributed by atoms with E-state index >= 15 is 0 Å². The Bertz CT molecular complexity index is 95.0. The van der Waals surface area contributed by atoms with Crippen LogP contribution in [0.15, 0.2) is 0 Å². The first-order chi connectivity index (χ1) is 4.18. The molecule has 9 heavy (non-hydrogen) atoms. The van der Waals surface area contributed by atoms with Gasteiger partial charge < -0.3 is 10.2 Å². The zero-order chi connectivity index (χ0) is 7.28. The summed E-state index contributed by atoms with van der Waals surface area (Å²) in [7, 11) is 0.116. The van der Waals surface area contributed by atoms with Crippen LogP contribution in [0.3, 0.4) is 0 Å². The van der Waals surface area contributed by atoms with Crippen LogP contribution in [0.4, 0.5) is 0 Å². The number of nitrogens with two attached hydrogens (primary N) is 1. The maximum atomic E-state index is 10.6. The summed E-state index contributed by atoms with van der Waals surface area (Å²) in [5.41, 5.74) is 5.11. The molecule has 0 bridgehead atoms. The van der Waals surface area contributed by atoms with Crippen molar-refractivity contribution >= 4 is 15.7 Å². The molecule has 0 unspecified atom stereocenters. The highest BCUT2D eigenvalue weighted by Crippen LogP contribution is 1.93. The van der Waals surface area contributed by atoms with Crippen molar-refractivity contribution in [3.05, 3.63) is 0 Å². The molecule has 0 amide bonds. The van der Waals surface area contributed by atoms with Crippen LogP contribution in [0.2, 0.25) is 0 Å². The molecule has 2 radical (unpaired) electrons. The molecule has 0 aromatic rings. The molecule has 0 aromatic carbocycles. The average molecular weight is 145 g/mol. The zero-order valence-corrected chi connectivity index (χ0v) is 6.68. The van der Waals surface area contributed by atoms with Gasteiger partial charge in [-0.25, -0.2) is 0 Å². The maximum Gasteiger partial charge on any atom is 0.329 e. The van der Waals surface area contributed by atoms with Crippen molar-refractivity contribution in [2.24, 2.45) is 11.7 Å². The first-order valence-electron chi connectivity index (χ1n) is 2.82. The molecule has 0 aliphatic heterocycles. The number of hydrogen-bond donors (Lipinski definition) is 1. The van der Waals surface area contributed by atoms with E-state index in [0.29, 0.717) is 6.17 Å². The SMILES string of the molecule is CC(C)C(=O)O[Si]CN. The van der Waals surface area contributed by atoms with Gasteiger partial charge in [-0.15, -0.1) is 0 Å². The van der Waals surface area contributed by atoms with Crippen molar-refractivity contribution in [2.45, 2.75) is 13.8 Å². The van der Waals surface area contributed by atoms with Crippen molar-refractivity contribution < 1.29 is 9.22 Å². The standard InChI is InChI=1S/C5H11NO2Si/c1-4(2)5(7)8-9-3-6/h4H,3,6H2,1-2H3. The molecule has 0 aliphatic carbocycles. The summed E-state index contributed by atoms with van der Waals surface area (Å²) in [4.78, 5) is 10.6. The van der Waals surface area contributed by atoms with Gasteiger partial charge in [-0.05, 0) is 0 Å². The molecule has 0 heterocycles. The predicted molar refractivity (Wildman–Crippen MR) is 35.7 cm³/mol. The van der Waals surface area contributed by atoms with E-state index in [-0.39, 0.29) is 21.7 Å². The van der Waals surface area contributed by atoms with Gasteiger partial charge >= 0.3 is 9.76 Å². The Kier molecular flexibility index (Phi) is 4.34.